The average Bonchev–Trinajstić information content (AvgIpc) is 2.37. The molecule has 0 bridgehead atoms. The fourth-order valence-electron chi connectivity index (χ4n) is 2.35. The third kappa shape index (κ3) is 3.91. The predicted molar refractivity (Wildman–Crippen MR) is 74.6 cm³/mol. The van der Waals surface area contributed by atoms with E-state index in [9.17, 15) is 17.9 Å². The summed E-state index contributed by atoms with van der Waals surface area (Å²) in [5, 5.41) is 9.28. The first-order valence-electron chi connectivity index (χ1n) is 6.51. The van der Waals surface area contributed by atoms with E-state index in [1.807, 2.05) is 0 Å². The van der Waals surface area contributed by atoms with E-state index < -0.39 is 15.8 Å². The van der Waals surface area contributed by atoms with E-state index in [0.29, 0.717) is 19.4 Å². The number of hydrogen-bond donors (Lipinski definition) is 2. The third-order valence-electron chi connectivity index (χ3n) is 3.56. The molecule has 1 aromatic rings. The summed E-state index contributed by atoms with van der Waals surface area (Å²) in [7, 11) is -3.73. The second-order valence-corrected chi connectivity index (χ2v) is 7.24. The average molecular weight is 322 g/mol. The normalized spacial score (nSPS) is 23.8. The van der Waals surface area contributed by atoms with Gasteiger partial charge in [0.05, 0.1) is 11.1 Å². The third-order valence-corrected chi connectivity index (χ3v) is 5.47. The molecule has 0 unspecified atom stereocenters. The highest BCUT2D eigenvalue weighted by molar-refractivity contribution is 7.89. The maximum absolute atomic E-state index is 12.9. The summed E-state index contributed by atoms with van der Waals surface area (Å²) < 4.78 is 39.6. The van der Waals surface area contributed by atoms with E-state index in [0.717, 1.165) is 31.0 Å². The van der Waals surface area contributed by atoms with Crippen LogP contribution in [0.15, 0.2) is 23.1 Å². The number of nitrogens with one attached hydrogen (secondary N) is 1. The molecule has 1 aliphatic rings. The molecule has 2 N–H and O–H groups in total. The van der Waals surface area contributed by atoms with Crippen LogP contribution in [0.2, 0.25) is 5.02 Å². The number of hydrogen-bond acceptors (Lipinski definition) is 3. The first-order chi connectivity index (χ1) is 9.38. The summed E-state index contributed by atoms with van der Waals surface area (Å²) in [6.45, 7) is 0.308. The van der Waals surface area contributed by atoms with Crippen LogP contribution in [0, 0.1) is 11.7 Å². The van der Waals surface area contributed by atoms with Gasteiger partial charge < -0.3 is 5.11 Å². The Kier molecular flexibility index (Phi) is 5.01. The number of benzene rings is 1. The predicted octanol–water partition coefficient (Wildman–Crippen LogP) is 2.31. The first-order valence-corrected chi connectivity index (χ1v) is 8.37. The lowest BCUT2D eigenvalue weighted by atomic mass is 9.88. The van der Waals surface area contributed by atoms with Gasteiger partial charge in [-0.1, -0.05) is 11.6 Å². The Morgan fingerprint density at radius 2 is 1.95 bits per heavy atom. The number of halogens is 2. The van der Waals surface area contributed by atoms with Gasteiger partial charge in [0.25, 0.3) is 0 Å². The van der Waals surface area contributed by atoms with Crippen molar-refractivity contribution in [3.8, 4) is 0 Å². The van der Waals surface area contributed by atoms with Gasteiger partial charge in [-0.3, -0.25) is 0 Å². The lowest BCUT2D eigenvalue weighted by Crippen LogP contribution is -2.32. The topological polar surface area (TPSA) is 66.4 Å². The van der Waals surface area contributed by atoms with Gasteiger partial charge in [0.1, 0.15) is 10.7 Å². The van der Waals surface area contributed by atoms with Crippen molar-refractivity contribution in [2.75, 3.05) is 6.54 Å². The molecule has 0 aliphatic heterocycles. The van der Waals surface area contributed by atoms with Crippen molar-refractivity contribution in [3.63, 3.8) is 0 Å². The molecule has 1 aromatic carbocycles. The smallest absolute Gasteiger partial charge is 0.242 e. The molecule has 20 heavy (non-hydrogen) atoms. The van der Waals surface area contributed by atoms with Crippen LogP contribution >= 0.6 is 11.6 Å². The van der Waals surface area contributed by atoms with E-state index in [1.54, 1.807) is 0 Å². The summed E-state index contributed by atoms with van der Waals surface area (Å²) in [6.07, 6.45) is 2.71. The summed E-state index contributed by atoms with van der Waals surface area (Å²) in [5.41, 5.74) is 0. The molecule has 4 nitrogen and oxygen atoms in total. The van der Waals surface area contributed by atoms with Crippen LogP contribution in [0.5, 0.6) is 0 Å². The zero-order chi connectivity index (χ0) is 14.8. The fraction of sp³-hybridized carbons (Fsp3) is 0.538. The van der Waals surface area contributed by atoms with Gasteiger partial charge >= 0.3 is 0 Å². The summed E-state index contributed by atoms with van der Waals surface area (Å²) in [5.74, 6) is -0.359. The summed E-state index contributed by atoms with van der Waals surface area (Å²) >= 11 is 5.76. The zero-order valence-corrected chi connectivity index (χ0v) is 12.4. The van der Waals surface area contributed by atoms with Gasteiger partial charge in [0, 0.05) is 6.54 Å². The van der Waals surface area contributed by atoms with Gasteiger partial charge in [0.2, 0.25) is 10.0 Å². The van der Waals surface area contributed by atoms with Crippen LogP contribution < -0.4 is 4.72 Å². The maximum atomic E-state index is 12.9. The van der Waals surface area contributed by atoms with Crippen molar-refractivity contribution in [1.82, 2.24) is 4.72 Å². The highest BCUT2D eigenvalue weighted by Crippen LogP contribution is 2.25. The van der Waals surface area contributed by atoms with Gasteiger partial charge in [-0.2, -0.15) is 0 Å². The van der Waals surface area contributed by atoms with Crippen molar-refractivity contribution in [2.45, 2.75) is 36.7 Å². The van der Waals surface area contributed by atoms with Crippen molar-refractivity contribution >= 4 is 21.6 Å². The van der Waals surface area contributed by atoms with E-state index in [-0.39, 0.29) is 21.9 Å². The van der Waals surface area contributed by atoms with Gasteiger partial charge in [-0.15, -0.1) is 0 Å². The molecule has 0 amide bonds. The largest absolute Gasteiger partial charge is 0.393 e. The van der Waals surface area contributed by atoms with Crippen molar-refractivity contribution in [1.29, 1.82) is 0 Å². The van der Waals surface area contributed by atoms with E-state index in [2.05, 4.69) is 4.72 Å². The molecule has 0 aromatic heterocycles. The van der Waals surface area contributed by atoms with E-state index in [1.165, 1.54) is 0 Å². The molecule has 0 atom stereocenters. The fourth-order valence-corrected chi connectivity index (χ4v) is 3.99. The Morgan fingerprint density at radius 1 is 1.30 bits per heavy atom. The van der Waals surface area contributed by atoms with Crippen molar-refractivity contribution in [3.05, 3.63) is 29.0 Å². The Morgan fingerprint density at radius 3 is 2.55 bits per heavy atom. The number of sulfonamides is 1. The van der Waals surface area contributed by atoms with E-state index >= 15 is 0 Å². The molecule has 1 saturated carbocycles. The molecular weight excluding hydrogens is 305 g/mol. The quantitative estimate of drug-likeness (QED) is 0.894. The second kappa shape index (κ2) is 6.39. The van der Waals surface area contributed by atoms with Crippen LogP contribution in [0.25, 0.3) is 0 Å². The molecule has 0 spiro atoms. The monoisotopic (exact) mass is 321 g/mol. The number of aliphatic hydroxyl groups excluding tert-OH is 1. The molecule has 7 heteroatoms. The van der Waals surface area contributed by atoms with Crippen molar-refractivity contribution in [2.24, 2.45) is 5.92 Å². The Hall–Kier alpha value is -0.690. The molecule has 0 saturated heterocycles. The minimum absolute atomic E-state index is 0.114. The molecule has 1 aliphatic carbocycles. The van der Waals surface area contributed by atoms with Crippen LogP contribution in [0.1, 0.15) is 25.7 Å². The first kappa shape index (κ1) is 15.7. The summed E-state index contributed by atoms with van der Waals surface area (Å²) in [4.78, 5) is -0.114. The van der Waals surface area contributed by atoms with Crippen LogP contribution in [0.3, 0.4) is 0 Å². The lowest BCUT2D eigenvalue weighted by Gasteiger charge is -2.25. The van der Waals surface area contributed by atoms with Gasteiger partial charge in [0.15, 0.2) is 0 Å². The minimum Gasteiger partial charge on any atom is -0.393 e. The van der Waals surface area contributed by atoms with E-state index in [4.69, 9.17) is 11.6 Å². The highest BCUT2D eigenvalue weighted by atomic mass is 35.5. The second-order valence-electron chi connectivity index (χ2n) is 5.10. The number of aliphatic hydroxyl groups is 1. The molecule has 2 rings (SSSR count). The molecule has 0 radical (unpaired) electrons. The van der Waals surface area contributed by atoms with Crippen LogP contribution in [-0.2, 0) is 10.0 Å². The zero-order valence-electron chi connectivity index (χ0n) is 10.9. The SMILES string of the molecule is O=S(=O)(NCC1CCC(O)CC1)c1ccc(F)cc1Cl. The van der Waals surface area contributed by atoms with Crippen molar-refractivity contribution < 1.29 is 17.9 Å². The lowest BCUT2D eigenvalue weighted by molar-refractivity contribution is 0.109. The van der Waals surface area contributed by atoms with Crippen LogP contribution in [-0.4, -0.2) is 26.2 Å². The molecular formula is C13H17ClFNO3S. The maximum Gasteiger partial charge on any atom is 0.242 e. The van der Waals surface area contributed by atoms with Gasteiger partial charge in [-0.25, -0.2) is 17.5 Å². The minimum atomic E-state index is -3.73. The Balaban J connectivity index is 2.00. The van der Waals surface area contributed by atoms with Gasteiger partial charge in [-0.05, 0) is 49.8 Å². The van der Waals surface area contributed by atoms with Crippen LogP contribution in [0.4, 0.5) is 4.39 Å². The molecule has 0 heterocycles. The summed E-state index contributed by atoms with van der Waals surface area (Å²) in [6, 6.07) is 3.20. The molecule has 1 fully saturated rings. The Bertz CT molecular complexity index is 571. The number of rotatable bonds is 4. The Labute approximate surface area is 123 Å². The standard InChI is InChI=1S/C13H17ClFNO3S/c14-12-7-10(15)3-6-13(12)20(18,19)16-8-9-1-4-11(17)5-2-9/h3,6-7,9,11,16-17H,1-2,4-5,8H2. The highest BCUT2D eigenvalue weighted by Gasteiger charge is 2.23. The molecule has 112 valence electrons.